The van der Waals surface area contributed by atoms with E-state index in [0.717, 1.165) is 16.0 Å². The second kappa shape index (κ2) is 12.3. The van der Waals surface area contributed by atoms with Crippen molar-refractivity contribution < 1.29 is 9.59 Å². The van der Waals surface area contributed by atoms with Crippen LogP contribution in [0.3, 0.4) is 0 Å². The van der Waals surface area contributed by atoms with Crippen molar-refractivity contribution >= 4 is 35.2 Å². The third-order valence-electron chi connectivity index (χ3n) is 5.11. The molecular weight excluding hydrogens is 440 g/mol. The van der Waals surface area contributed by atoms with Gasteiger partial charge in [0.15, 0.2) is 0 Å². The molecule has 0 radical (unpaired) electrons. The summed E-state index contributed by atoms with van der Waals surface area (Å²) in [6.45, 7) is 0.344. The van der Waals surface area contributed by atoms with Crippen LogP contribution < -0.4 is 5.32 Å². The van der Waals surface area contributed by atoms with E-state index in [4.69, 9.17) is 11.6 Å². The fourth-order valence-corrected chi connectivity index (χ4v) is 4.41. The van der Waals surface area contributed by atoms with Crippen LogP contribution in [0.5, 0.6) is 0 Å². The number of likely N-dealkylation sites (N-methyl/N-ethyl adjacent to an activating group) is 1. The van der Waals surface area contributed by atoms with Gasteiger partial charge in [0.05, 0.1) is 0 Å². The van der Waals surface area contributed by atoms with E-state index in [-0.39, 0.29) is 11.8 Å². The SMILES string of the molecule is CNC(=O)[C@H](Cc1ccccc1)N(Cc1ccc(Cl)cc1)C(=O)CCSc1ccccc1. The van der Waals surface area contributed by atoms with Crippen LogP contribution in [0.15, 0.2) is 89.8 Å². The van der Waals surface area contributed by atoms with Crippen LogP contribution in [-0.4, -0.2) is 35.6 Å². The summed E-state index contributed by atoms with van der Waals surface area (Å²) in [6, 6.07) is 26.6. The summed E-state index contributed by atoms with van der Waals surface area (Å²) >= 11 is 7.67. The van der Waals surface area contributed by atoms with Gasteiger partial charge in [-0.3, -0.25) is 9.59 Å². The van der Waals surface area contributed by atoms with Crippen molar-refractivity contribution in [2.45, 2.75) is 30.3 Å². The summed E-state index contributed by atoms with van der Waals surface area (Å²) in [6.07, 6.45) is 0.793. The van der Waals surface area contributed by atoms with Gasteiger partial charge in [0.2, 0.25) is 11.8 Å². The summed E-state index contributed by atoms with van der Waals surface area (Å²) in [5.74, 6) is 0.422. The zero-order chi connectivity index (χ0) is 22.8. The predicted molar refractivity (Wildman–Crippen MR) is 132 cm³/mol. The number of hydrogen-bond donors (Lipinski definition) is 1. The largest absolute Gasteiger partial charge is 0.357 e. The molecule has 0 aliphatic rings. The monoisotopic (exact) mass is 466 g/mol. The molecule has 1 atom stereocenters. The molecule has 0 bridgehead atoms. The summed E-state index contributed by atoms with van der Waals surface area (Å²) in [7, 11) is 1.61. The summed E-state index contributed by atoms with van der Waals surface area (Å²) in [5.41, 5.74) is 1.94. The lowest BCUT2D eigenvalue weighted by molar-refractivity contribution is -0.140. The zero-order valence-electron chi connectivity index (χ0n) is 18.0. The molecular formula is C26H27ClN2O2S. The minimum atomic E-state index is -0.604. The van der Waals surface area contributed by atoms with E-state index < -0.39 is 6.04 Å². The van der Waals surface area contributed by atoms with Crippen LogP contribution >= 0.6 is 23.4 Å². The van der Waals surface area contributed by atoms with Gasteiger partial charge in [-0.1, -0.05) is 72.3 Å². The van der Waals surface area contributed by atoms with Crippen LogP contribution in [-0.2, 0) is 22.6 Å². The van der Waals surface area contributed by atoms with Crippen molar-refractivity contribution in [3.63, 3.8) is 0 Å². The topological polar surface area (TPSA) is 49.4 Å². The van der Waals surface area contributed by atoms with Crippen molar-refractivity contribution in [1.82, 2.24) is 10.2 Å². The molecule has 32 heavy (non-hydrogen) atoms. The van der Waals surface area contributed by atoms with Gasteiger partial charge >= 0.3 is 0 Å². The van der Waals surface area contributed by atoms with Gasteiger partial charge in [-0.25, -0.2) is 0 Å². The average molecular weight is 467 g/mol. The van der Waals surface area contributed by atoms with Gasteiger partial charge in [-0.15, -0.1) is 11.8 Å². The van der Waals surface area contributed by atoms with Crippen molar-refractivity contribution in [2.75, 3.05) is 12.8 Å². The van der Waals surface area contributed by atoms with Gasteiger partial charge in [0.1, 0.15) is 6.04 Å². The van der Waals surface area contributed by atoms with Crippen LogP contribution in [0, 0.1) is 0 Å². The molecule has 3 aromatic carbocycles. The Labute approximate surface area is 199 Å². The number of nitrogens with zero attached hydrogens (tertiary/aromatic N) is 1. The highest BCUT2D eigenvalue weighted by Gasteiger charge is 2.29. The van der Waals surface area contributed by atoms with Crippen molar-refractivity contribution in [2.24, 2.45) is 0 Å². The number of benzene rings is 3. The Hall–Kier alpha value is -2.76. The first-order valence-corrected chi connectivity index (χ1v) is 11.9. The number of thioether (sulfide) groups is 1. The second-order valence-corrected chi connectivity index (χ2v) is 8.98. The summed E-state index contributed by atoms with van der Waals surface area (Å²) < 4.78 is 0. The molecule has 0 heterocycles. The number of amides is 2. The van der Waals surface area contributed by atoms with E-state index in [1.165, 1.54) is 0 Å². The first kappa shape index (κ1) is 23.9. The average Bonchev–Trinajstić information content (AvgIpc) is 2.83. The molecule has 4 nitrogen and oxygen atoms in total. The Morgan fingerprint density at radius 2 is 1.53 bits per heavy atom. The minimum Gasteiger partial charge on any atom is -0.357 e. The van der Waals surface area contributed by atoms with Gasteiger partial charge in [0, 0.05) is 42.1 Å². The third-order valence-corrected chi connectivity index (χ3v) is 6.38. The van der Waals surface area contributed by atoms with E-state index in [9.17, 15) is 9.59 Å². The van der Waals surface area contributed by atoms with Gasteiger partial charge < -0.3 is 10.2 Å². The third kappa shape index (κ3) is 7.14. The zero-order valence-corrected chi connectivity index (χ0v) is 19.6. The molecule has 0 saturated heterocycles. The van der Waals surface area contributed by atoms with Crippen LogP contribution in [0.1, 0.15) is 17.5 Å². The maximum absolute atomic E-state index is 13.4. The molecule has 3 rings (SSSR count). The lowest BCUT2D eigenvalue weighted by Gasteiger charge is -2.31. The predicted octanol–water partition coefficient (Wildman–Crippen LogP) is 5.21. The second-order valence-electron chi connectivity index (χ2n) is 7.38. The van der Waals surface area contributed by atoms with E-state index in [2.05, 4.69) is 5.32 Å². The van der Waals surface area contributed by atoms with Crippen LogP contribution in [0.25, 0.3) is 0 Å². The quantitative estimate of drug-likeness (QED) is 0.417. The molecule has 166 valence electrons. The Morgan fingerprint density at radius 3 is 2.16 bits per heavy atom. The first-order valence-electron chi connectivity index (χ1n) is 10.5. The highest BCUT2D eigenvalue weighted by Crippen LogP contribution is 2.21. The number of carbonyl (C=O) groups excluding carboxylic acids is 2. The minimum absolute atomic E-state index is 0.0482. The first-order chi connectivity index (χ1) is 15.6. The fourth-order valence-electron chi connectivity index (χ4n) is 3.42. The standard InChI is InChI=1S/C26H27ClN2O2S/c1-28-26(31)24(18-20-8-4-2-5-9-20)29(19-21-12-14-22(27)15-13-21)25(30)16-17-32-23-10-6-3-7-11-23/h2-15,24H,16-19H2,1H3,(H,28,31)/t24-/m0/s1. The number of carbonyl (C=O) groups is 2. The molecule has 0 saturated carbocycles. The van der Waals surface area contributed by atoms with Crippen molar-refractivity contribution in [3.05, 3.63) is 101 Å². The summed E-state index contributed by atoms with van der Waals surface area (Å²) in [4.78, 5) is 29.1. The number of hydrogen-bond acceptors (Lipinski definition) is 3. The maximum Gasteiger partial charge on any atom is 0.242 e. The van der Waals surface area contributed by atoms with Gasteiger partial charge in [0.25, 0.3) is 0 Å². The van der Waals surface area contributed by atoms with E-state index in [1.54, 1.807) is 35.8 Å². The lowest BCUT2D eigenvalue weighted by Crippen LogP contribution is -2.49. The van der Waals surface area contributed by atoms with Crippen molar-refractivity contribution in [1.29, 1.82) is 0 Å². The molecule has 6 heteroatoms. The molecule has 2 amide bonds. The van der Waals surface area contributed by atoms with E-state index in [1.807, 2.05) is 72.8 Å². The molecule has 0 spiro atoms. The molecule has 0 unspecified atom stereocenters. The van der Waals surface area contributed by atoms with Crippen molar-refractivity contribution in [3.8, 4) is 0 Å². The molecule has 3 aromatic rings. The van der Waals surface area contributed by atoms with E-state index in [0.29, 0.717) is 30.2 Å². The molecule has 0 aromatic heterocycles. The summed E-state index contributed by atoms with van der Waals surface area (Å²) in [5, 5.41) is 3.38. The lowest BCUT2D eigenvalue weighted by atomic mass is 10.0. The Kier molecular flexibility index (Phi) is 9.20. The molecule has 0 aliphatic heterocycles. The maximum atomic E-state index is 13.4. The highest BCUT2D eigenvalue weighted by atomic mass is 35.5. The van der Waals surface area contributed by atoms with Crippen LogP contribution in [0.4, 0.5) is 0 Å². The number of halogens is 1. The Bertz CT molecular complexity index is 997. The smallest absolute Gasteiger partial charge is 0.242 e. The van der Waals surface area contributed by atoms with E-state index >= 15 is 0 Å². The normalized spacial score (nSPS) is 11.6. The van der Waals surface area contributed by atoms with Gasteiger partial charge in [-0.2, -0.15) is 0 Å². The van der Waals surface area contributed by atoms with Crippen LogP contribution in [0.2, 0.25) is 5.02 Å². The fraction of sp³-hybridized carbons (Fsp3) is 0.231. The van der Waals surface area contributed by atoms with Gasteiger partial charge in [-0.05, 0) is 35.4 Å². The molecule has 0 fully saturated rings. The molecule has 1 N–H and O–H groups in total. The molecule has 0 aliphatic carbocycles. The Morgan fingerprint density at radius 1 is 0.906 bits per heavy atom. The number of rotatable bonds is 10. The Balaban J connectivity index is 1.80. The number of nitrogens with one attached hydrogen (secondary N) is 1. The highest BCUT2D eigenvalue weighted by molar-refractivity contribution is 7.99.